The third-order valence-corrected chi connectivity index (χ3v) is 7.20. The van der Waals surface area contributed by atoms with Crippen molar-refractivity contribution in [3.63, 3.8) is 0 Å². The van der Waals surface area contributed by atoms with Crippen molar-refractivity contribution in [1.82, 2.24) is 15.2 Å². The highest BCUT2D eigenvalue weighted by molar-refractivity contribution is 6.02. The molecule has 3 aromatic rings. The summed E-state index contributed by atoms with van der Waals surface area (Å²) >= 11 is 0. The number of carbonyl (C=O) groups excluding carboxylic acids is 2. The van der Waals surface area contributed by atoms with Gasteiger partial charge in [-0.1, -0.05) is 61.4 Å². The lowest BCUT2D eigenvalue weighted by Crippen LogP contribution is -2.60. The van der Waals surface area contributed by atoms with E-state index in [1.807, 2.05) is 59.5 Å². The molecule has 5 nitrogen and oxygen atoms in total. The Bertz CT molecular complexity index is 1120. The molecule has 1 aliphatic carbocycles. The zero-order valence-corrected chi connectivity index (χ0v) is 18.7. The Kier molecular flexibility index (Phi) is 5.95. The fraction of sp³-hybridized carbons (Fsp3) is 0.321. The van der Waals surface area contributed by atoms with E-state index in [1.165, 1.54) is 0 Å². The molecule has 168 valence electrons. The highest BCUT2D eigenvalue weighted by atomic mass is 16.2. The summed E-state index contributed by atoms with van der Waals surface area (Å²) in [4.78, 5) is 33.6. The van der Waals surface area contributed by atoms with Gasteiger partial charge in [0.25, 0.3) is 5.91 Å². The first-order chi connectivity index (χ1) is 16.2. The minimum absolute atomic E-state index is 0.0176. The normalized spacial score (nSPS) is 18.8. The molecule has 1 unspecified atom stereocenters. The van der Waals surface area contributed by atoms with Crippen molar-refractivity contribution in [2.75, 3.05) is 6.54 Å². The number of rotatable bonds is 6. The maximum atomic E-state index is 13.8. The summed E-state index contributed by atoms with van der Waals surface area (Å²) < 4.78 is 0. The lowest BCUT2D eigenvalue weighted by molar-refractivity contribution is -0.126. The van der Waals surface area contributed by atoms with Crippen molar-refractivity contribution < 1.29 is 9.59 Å². The Morgan fingerprint density at radius 1 is 0.939 bits per heavy atom. The average molecular weight is 440 g/mol. The first-order valence-electron chi connectivity index (χ1n) is 11.8. The lowest BCUT2D eigenvalue weighted by atomic mass is 9.71. The van der Waals surface area contributed by atoms with Crippen molar-refractivity contribution >= 4 is 11.8 Å². The number of nitrogens with one attached hydrogen (secondary N) is 1. The molecule has 0 saturated heterocycles. The highest BCUT2D eigenvalue weighted by Crippen LogP contribution is 2.50. The molecule has 33 heavy (non-hydrogen) atoms. The second-order valence-corrected chi connectivity index (χ2v) is 9.10. The van der Waals surface area contributed by atoms with E-state index in [2.05, 4.69) is 22.4 Å². The monoisotopic (exact) mass is 439 g/mol. The number of benzene rings is 2. The minimum atomic E-state index is -0.484. The third kappa shape index (κ3) is 4.04. The molecular formula is C28H29N3O2. The van der Waals surface area contributed by atoms with E-state index in [-0.39, 0.29) is 17.7 Å². The number of pyridine rings is 1. The molecule has 2 aromatic carbocycles. The molecule has 1 aliphatic heterocycles. The van der Waals surface area contributed by atoms with Gasteiger partial charge in [0.2, 0.25) is 5.91 Å². The van der Waals surface area contributed by atoms with Crippen molar-refractivity contribution in [1.29, 1.82) is 0 Å². The summed E-state index contributed by atoms with van der Waals surface area (Å²) in [5.74, 6) is -0.309. The number of fused-ring (bicyclic) bond motifs is 1. The topological polar surface area (TPSA) is 62.3 Å². The van der Waals surface area contributed by atoms with Gasteiger partial charge in [0.1, 0.15) is 0 Å². The molecule has 1 aromatic heterocycles. The predicted molar refractivity (Wildman–Crippen MR) is 128 cm³/mol. The molecule has 2 heterocycles. The summed E-state index contributed by atoms with van der Waals surface area (Å²) in [5.41, 5.74) is 3.27. The second kappa shape index (κ2) is 9.18. The number of aromatic nitrogens is 1. The smallest absolute Gasteiger partial charge is 0.254 e. The SMILES string of the molecule is O=C(NCCc1ccncc1)C1c2ccccc2C(=O)N(Cc2ccccc2)C12CCCC2. The zero-order chi connectivity index (χ0) is 22.7. The van der Waals surface area contributed by atoms with E-state index in [4.69, 9.17) is 0 Å². The Morgan fingerprint density at radius 3 is 2.39 bits per heavy atom. The Balaban J connectivity index is 1.48. The Morgan fingerprint density at radius 2 is 1.64 bits per heavy atom. The molecule has 1 spiro atoms. The Labute approximate surface area is 194 Å². The van der Waals surface area contributed by atoms with Gasteiger partial charge in [-0.2, -0.15) is 0 Å². The van der Waals surface area contributed by atoms with Crippen LogP contribution in [0.25, 0.3) is 0 Å². The van der Waals surface area contributed by atoms with E-state index in [9.17, 15) is 9.59 Å². The summed E-state index contributed by atoms with van der Waals surface area (Å²) in [6, 6.07) is 21.7. The molecule has 1 atom stereocenters. The molecule has 1 saturated carbocycles. The van der Waals surface area contributed by atoms with Crippen molar-refractivity contribution in [2.45, 2.75) is 50.1 Å². The summed E-state index contributed by atoms with van der Waals surface area (Å²) in [6.07, 6.45) is 8.06. The molecule has 5 heteroatoms. The summed E-state index contributed by atoms with van der Waals surface area (Å²) in [5, 5.41) is 3.19. The van der Waals surface area contributed by atoms with Gasteiger partial charge in [-0.15, -0.1) is 0 Å². The van der Waals surface area contributed by atoms with Crippen LogP contribution in [0.15, 0.2) is 79.1 Å². The number of hydrogen-bond acceptors (Lipinski definition) is 3. The molecule has 1 fully saturated rings. The van der Waals surface area contributed by atoms with Crippen LogP contribution in [0.5, 0.6) is 0 Å². The molecule has 2 aliphatic rings. The largest absolute Gasteiger partial charge is 0.355 e. The van der Waals surface area contributed by atoms with Crippen LogP contribution in [-0.2, 0) is 17.8 Å². The predicted octanol–water partition coefficient (Wildman–Crippen LogP) is 4.49. The molecule has 0 bridgehead atoms. The summed E-state index contributed by atoms with van der Waals surface area (Å²) in [6.45, 7) is 1.08. The molecule has 1 N–H and O–H groups in total. The van der Waals surface area contributed by atoms with Crippen LogP contribution < -0.4 is 5.32 Å². The molecule has 0 radical (unpaired) electrons. The molecule has 2 amide bonds. The molecular weight excluding hydrogens is 410 g/mol. The van der Waals surface area contributed by atoms with Crippen LogP contribution in [0.4, 0.5) is 0 Å². The van der Waals surface area contributed by atoms with E-state index >= 15 is 0 Å². The standard InChI is InChI=1S/C28H29N3O2/c32-26(30-19-14-21-12-17-29-18-13-21)25-23-10-4-5-11-24(23)27(33)31(28(25)15-6-7-16-28)20-22-8-2-1-3-9-22/h1-5,8-13,17-18,25H,6-7,14-16,19-20H2,(H,30,32). The number of nitrogens with zero attached hydrogens (tertiary/aromatic N) is 2. The third-order valence-electron chi connectivity index (χ3n) is 7.20. The van der Waals surface area contributed by atoms with E-state index in [0.29, 0.717) is 18.7 Å². The highest BCUT2D eigenvalue weighted by Gasteiger charge is 2.55. The average Bonchev–Trinajstić information content (AvgIpc) is 3.33. The van der Waals surface area contributed by atoms with Crippen LogP contribution in [0, 0.1) is 0 Å². The van der Waals surface area contributed by atoms with Crippen molar-refractivity contribution in [3.05, 3.63) is 101 Å². The maximum Gasteiger partial charge on any atom is 0.254 e. The first kappa shape index (κ1) is 21.4. The summed E-state index contributed by atoms with van der Waals surface area (Å²) in [7, 11) is 0. The van der Waals surface area contributed by atoms with Gasteiger partial charge in [0.05, 0.1) is 11.5 Å². The van der Waals surface area contributed by atoms with Gasteiger partial charge in [0, 0.05) is 31.0 Å². The van der Waals surface area contributed by atoms with Crippen LogP contribution >= 0.6 is 0 Å². The van der Waals surface area contributed by atoms with E-state index in [1.54, 1.807) is 12.4 Å². The van der Waals surface area contributed by atoms with E-state index < -0.39 is 5.54 Å². The minimum Gasteiger partial charge on any atom is -0.355 e. The van der Waals surface area contributed by atoms with Gasteiger partial charge >= 0.3 is 0 Å². The second-order valence-electron chi connectivity index (χ2n) is 9.10. The van der Waals surface area contributed by atoms with Crippen LogP contribution in [-0.4, -0.2) is 33.8 Å². The van der Waals surface area contributed by atoms with Gasteiger partial charge in [-0.05, 0) is 54.2 Å². The zero-order valence-electron chi connectivity index (χ0n) is 18.7. The van der Waals surface area contributed by atoms with Gasteiger partial charge in [0.15, 0.2) is 0 Å². The number of hydrogen-bond donors (Lipinski definition) is 1. The van der Waals surface area contributed by atoms with Crippen LogP contribution in [0.2, 0.25) is 0 Å². The van der Waals surface area contributed by atoms with Crippen molar-refractivity contribution in [2.24, 2.45) is 0 Å². The first-order valence-corrected chi connectivity index (χ1v) is 11.8. The number of amides is 2. The Hall–Kier alpha value is -3.47. The van der Waals surface area contributed by atoms with Gasteiger partial charge < -0.3 is 10.2 Å². The fourth-order valence-electron chi connectivity index (χ4n) is 5.64. The fourth-order valence-corrected chi connectivity index (χ4v) is 5.64. The number of carbonyl (C=O) groups is 2. The lowest BCUT2D eigenvalue weighted by Gasteiger charge is -2.50. The quantitative estimate of drug-likeness (QED) is 0.615. The van der Waals surface area contributed by atoms with Crippen LogP contribution in [0.3, 0.4) is 0 Å². The van der Waals surface area contributed by atoms with Gasteiger partial charge in [-0.3, -0.25) is 14.6 Å². The van der Waals surface area contributed by atoms with E-state index in [0.717, 1.165) is 48.8 Å². The maximum absolute atomic E-state index is 13.8. The van der Waals surface area contributed by atoms with Crippen LogP contribution in [0.1, 0.15) is 58.6 Å². The van der Waals surface area contributed by atoms with Gasteiger partial charge in [-0.25, -0.2) is 0 Å². The van der Waals surface area contributed by atoms with Crippen molar-refractivity contribution in [3.8, 4) is 0 Å². The molecule has 5 rings (SSSR count).